The Morgan fingerprint density at radius 2 is 1.96 bits per heavy atom. The smallest absolute Gasteiger partial charge is 0.248 e. The van der Waals surface area contributed by atoms with E-state index < -0.39 is 5.92 Å². The number of nitrogens with zero attached hydrogens (tertiary/aromatic N) is 4. The maximum atomic E-state index is 13.0. The largest absolute Gasteiger partial charge is 0.273 e. The van der Waals surface area contributed by atoms with Crippen molar-refractivity contribution in [2.75, 3.05) is 0 Å². The lowest BCUT2D eigenvalue weighted by atomic mass is 9.79. The summed E-state index contributed by atoms with van der Waals surface area (Å²) in [4.78, 5) is 11.2. The Balaban J connectivity index is 0.000000932. The third-order valence-corrected chi connectivity index (χ3v) is 5.93. The minimum Gasteiger partial charge on any atom is -0.273 e. The van der Waals surface area contributed by atoms with Gasteiger partial charge in [-0.05, 0) is 36.6 Å². The predicted octanol–water partition coefficient (Wildman–Crippen LogP) is 5.86. The normalized spacial score (nSPS) is 16.0. The van der Waals surface area contributed by atoms with Gasteiger partial charge < -0.3 is 0 Å². The monoisotopic (exact) mass is 400 g/mol. The molecule has 0 unspecified atom stereocenters. The van der Waals surface area contributed by atoms with Gasteiger partial charge in [0.05, 0.1) is 5.69 Å². The van der Waals surface area contributed by atoms with E-state index >= 15 is 0 Å². The van der Waals surface area contributed by atoms with Crippen LogP contribution < -0.4 is 0 Å². The number of hydrogen-bond acceptors (Lipinski definition) is 4. The van der Waals surface area contributed by atoms with Crippen LogP contribution in [0, 0.1) is 5.92 Å². The van der Waals surface area contributed by atoms with E-state index in [1.165, 1.54) is 0 Å². The fourth-order valence-electron chi connectivity index (χ4n) is 3.62. The van der Waals surface area contributed by atoms with Gasteiger partial charge in [0.25, 0.3) is 0 Å². The number of aryl methyl sites for hydroxylation is 1. The van der Waals surface area contributed by atoms with Gasteiger partial charge >= 0.3 is 0 Å². The van der Waals surface area contributed by atoms with Crippen LogP contribution in [-0.2, 0) is 13.5 Å². The summed E-state index contributed by atoms with van der Waals surface area (Å²) in [5.74, 6) is -2.36. The molecule has 28 heavy (non-hydrogen) atoms. The SMILES string of the molecule is CC.Cn1cc2cc(-c3ccc4cc(CC5CC(F)(F)C5)sc4n3)cnc2n1. The van der Waals surface area contributed by atoms with Gasteiger partial charge in [0, 0.05) is 53.5 Å². The van der Waals surface area contributed by atoms with Crippen molar-refractivity contribution in [1.29, 1.82) is 0 Å². The molecule has 1 aliphatic carbocycles. The second kappa shape index (κ2) is 7.20. The summed E-state index contributed by atoms with van der Waals surface area (Å²) in [6.45, 7) is 4.00. The van der Waals surface area contributed by atoms with Gasteiger partial charge in [-0.25, -0.2) is 18.7 Å². The fourth-order valence-corrected chi connectivity index (χ4v) is 4.76. The molecule has 0 radical (unpaired) electrons. The summed E-state index contributed by atoms with van der Waals surface area (Å²) in [5, 5.41) is 6.33. The third kappa shape index (κ3) is 3.63. The predicted molar refractivity (Wildman–Crippen MR) is 110 cm³/mol. The van der Waals surface area contributed by atoms with Crippen LogP contribution in [0.4, 0.5) is 8.78 Å². The molecule has 0 aliphatic heterocycles. The van der Waals surface area contributed by atoms with E-state index in [4.69, 9.17) is 4.98 Å². The Morgan fingerprint density at radius 1 is 1.18 bits per heavy atom. The second-order valence-electron chi connectivity index (χ2n) is 7.08. The molecule has 4 heterocycles. The Morgan fingerprint density at radius 3 is 2.71 bits per heavy atom. The van der Waals surface area contributed by atoms with Crippen molar-refractivity contribution in [2.24, 2.45) is 13.0 Å². The molecule has 0 N–H and O–H groups in total. The van der Waals surface area contributed by atoms with Crippen LogP contribution in [0.3, 0.4) is 0 Å². The van der Waals surface area contributed by atoms with Crippen molar-refractivity contribution in [3.05, 3.63) is 41.5 Å². The van der Waals surface area contributed by atoms with Crippen LogP contribution in [0.1, 0.15) is 31.6 Å². The highest BCUT2D eigenvalue weighted by molar-refractivity contribution is 7.18. The Kier molecular flexibility index (Phi) is 4.87. The van der Waals surface area contributed by atoms with E-state index in [9.17, 15) is 8.78 Å². The van der Waals surface area contributed by atoms with Crippen molar-refractivity contribution >= 4 is 32.6 Å². The lowest BCUT2D eigenvalue weighted by Crippen LogP contribution is -2.36. The first-order valence-electron chi connectivity index (χ1n) is 9.52. The highest BCUT2D eigenvalue weighted by Crippen LogP contribution is 2.44. The number of aromatic nitrogens is 4. The number of fused-ring (bicyclic) bond motifs is 2. The molecule has 7 heteroatoms. The summed E-state index contributed by atoms with van der Waals surface area (Å²) >= 11 is 1.60. The molecule has 0 amide bonds. The van der Waals surface area contributed by atoms with E-state index in [0.717, 1.165) is 38.2 Å². The van der Waals surface area contributed by atoms with Gasteiger partial charge in [0.15, 0.2) is 5.65 Å². The molecular formula is C21H22F2N4S. The lowest BCUT2D eigenvalue weighted by Gasteiger charge is -2.34. The van der Waals surface area contributed by atoms with Crippen molar-refractivity contribution in [3.63, 3.8) is 0 Å². The molecule has 1 fully saturated rings. The maximum Gasteiger partial charge on any atom is 0.248 e. The molecule has 4 aromatic rings. The molecular weight excluding hydrogens is 378 g/mol. The summed E-state index contributed by atoms with van der Waals surface area (Å²) in [5.41, 5.74) is 2.52. The van der Waals surface area contributed by atoms with Crippen LogP contribution in [-0.4, -0.2) is 25.7 Å². The molecule has 0 saturated heterocycles. The third-order valence-electron chi connectivity index (χ3n) is 4.87. The van der Waals surface area contributed by atoms with Crippen LogP contribution in [0.5, 0.6) is 0 Å². The number of rotatable bonds is 3. The number of thiophene rings is 1. The zero-order valence-corrected chi connectivity index (χ0v) is 16.9. The quantitative estimate of drug-likeness (QED) is 0.433. The van der Waals surface area contributed by atoms with Crippen LogP contribution in [0.25, 0.3) is 32.5 Å². The molecule has 0 aromatic carbocycles. The topological polar surface area (TPSA) is 43.6 Å². The maximum absolute atomic E-state index is 13.0. The molecule has 1 saturated carbocycles. The average Bonchev–Trinajstić information content (AvgIpc) is 3.22. The molecule has 0 spiro atoms. The van der Waals surface area contributed by atoms with Gasteiger partial charge in [0.2, 0.25) is 5.92 Å². The molecule has 4 nitrogen and oxygen atoms in total. The Bertz CT molecular complexity index is 1120. The molecule has 0 atom stereocenters. The summed E-state index contributed by atoms with van der Waals surface area (Å²) in [7, 11) is 1.87. The van der Waals surface area contributed by atoms with E-state index in [-0.39, 0.29) is 18.8 Å². The minimum atomic E-state index is -2.45. The van der Waals surface area contributed by atoms with Gasteiger partial charge in [-0.3, -0.25) is 4.68 Å². The Hall–Kier alpha value is -2.41. The lowest BCUT2D eigenvalue weighted by molar-refractivity contribution is -0.109. The van der Waals surface area contributed by atoms with Crippen molar-refractivity contribution in [1.82, 2.24) is 19.7 Å². The first kappa shape index (κ1) is 18.9. The standard InChI is InChI=1S/C19H16F2N4S.C2H6/c1-25-10-14-5-13(9-22-17(14)24-25)16-3-2-12-6-15(26-18(12)23-16)4-11-7-19(20,21)8-11;1-2/h2-3,5-6,9-11H,4,7-8H2,1H3;1-2H3. The summed E-state index contributed by atoms with van der Waals surface area (Å²) in [6.07, 6.45) is 4.46. The number of alkyl halides is 2. The second-order valence-corrected chi connectivity index (χ2v) is 8.19. The van der Waals surface area contributed by atoms with Gasteiger partial charge in [0.1, 0.15) is 4.83 Å². The van der Waals surface area contributed by atoms with Crippen LogP contribution in [0.15, 0.2) is 36.7 Å². The van der Waals surface area contributed by atoms with E-state index in [2.05, 4.69) is 16.1 Å². The minimum absolute atomic E-state index is 0.0106. The highest BCUT2D eigenvalue weighted by atomic mass is 32.1. The number of halogens is 2. The molecule has 0 bridgehead atoms. The fraction of sp³-hybridized carbons (Fsp3) is 0.381. The van der Waals surface area contributed by atoms with Crippen molar-refractivity contribution in [3.8, 4) is 11.3 Å². The molecule has 4 aromatic heterocycles. The van der Waals surface area contributed by atoms with Gasteiger partial charge in [-0.15, -0.1) is 11.3 Å². The summed E-state index contributed by atoms with van der Waals surface area (Å²) in [6, 6.07) is 8.14. The number of hydrogen-bond donors (Lipinski definition) is 0. The molecule has 1 aliphatic rings. The average molecular weight is 400 g/mol. The molecule has 146 valence electrons. The van der Waals surface area contributed by atoms with E-state index in [1.807, 2.05) is 45.3 Å². The van der Waals surface area contributed by atoms with E-state index in [0.29, 0.717) is 5.65 Å². The van der Waals surface area contributed by atoms with E-state index in [1.54, 1.807) is 22.2 Å². The first-order valence-corrected chi connectivity index (χ1v) is 10.3. The highest BCUT2D eigenvalue weighted by Gasteiger charge is 2.45. The van der Waals surface area contributed by atoms with Gasteiger partial charge in [-0.2, -0.15) is 5.10 Å². The first-order chi connectivity index (χ1) is 13.4. The van der Waals surface area contributed by atoms with Crippen LogP contribution >= 0.6 is 11.3 Å². The number of pyridine rings is 2. The zero-order valence-electron chi connectivity index (χ0n) is 16.1. The molecule has 5 rings (SSSR count). The van der Waals surface area contributed by atoms with Crippen molar-refractivity contribution < 1.29 is 8.78 Å². The van der Waals surface area contributed by atoms with Crippen molar-refractivity contribution in [2.45, 2.75) is 39.0 Å². The Labute approximate surface area is 166 Å². The zero-order chi connectivity index (χ0) is 19.9. The van der Waals surface area contributed by atoms with Crippen LogP contribution in [0.2, 0.25) is 0 Å². The van der Waals surface area contributed by atoms with Gasteiger partial charge in [-0.1, -0.05) is 13.8 Å². The summed E-state index contributed by atoms with van der Waals surface area (Å²) < 4.78 is 27.8.